The second-order valence-corrected chi connectivity index (χ2v) is 4.41. The smallest absolute Gasteiger partial charge is 0.333 e. The first-order chi connectivity index (χ1) is 9.34. The van der Waals surface area contributed by atoms with Crippen molar-refractivity contribution in [3.63, 3.8) is 0 Å². The van der Waals surface area contributed by atoms with Crippen LogP contribution >= 0.6 is 0 Å². The fourth-order valence-electron chi connectivity index (χ4n) is 1.18. The van der Waals surface area contributed by atoms with Gasteiger partial charge in [0.2, 0.25) is 5.91 Å². The number of carbonyl (C=O) groups excluding carboxylic acids is 3. The minimum atomic E-state index is -0.464. The molecule has 114 valence electrons. The third kappa shape index (κ3) is 8.96. The molecule has 7 heteroatoms. The van der Waals surface area contributed by atoms with Crippen LogP contribution in [0.2, 0.25) is 0 Å². The van der Waals surface area contributed by atoms with Crippen LogP contribution in [0.5, 0.6) is 0 Å². The summed E-state index contributed by atoms with van der Waals surface area (Å²) in [6.45, 7) is 7.89. The average Bonchev–Trinajstić information content (AvgIpc) is 2.37. The molecule has 0 spiro atoms. The lowest BCUT2D eigenvalue weighted by Crippen LogP contribution is -2.40. The monoisotopic (exact) mass is 285 g/mol. The van der Waals surface area contributed by atoms with Gasteiger partial charge in [0.1, 0.15) is 6.61 Å². The molecule has 0 aliphatic rings. The molecule has 7 nitrogen and oxygen atoms in total. The van der Waals surface area contributed by atoms with E-state index in [2.05, 4.69) is 17.2 Å². The van der Waals surface area contributed by atoms with Gasteiger partial charge in [0.15, 0.2) is 0 Å². The molecule has 0 saturated carbocycles. The predicted molar refractivity (Wildman–Crippen MR) is 75.1 cm³/mol. The number of urea groups is 1. The van der Waals surface area contributed by atoms with E-state index in [-0.39, 0.29) is 18.5 Å². The van der Waals surface area contributed by atoms with Gasteiger partial charge in [-0.2, -0.15) is 0 Å². The maximum Gasteiger partial charge on any atom is 0.333 e. The molecule has 20 heavy (non-hydrogen) atoms. The van der Waals surface area contributed by atoms with Gasteiger partial charge in [-0.05, 0) is 13.3 Å². The lowest BCUT2D eigenvalue weighted by Gasteiger charge is -2.17. The summed E-state index contributed by atoms with van der Waals surface area (Å²) in [5, 5.41) is 5.33. The number of hydrogen-bond donors (Lipinski definition) is 2. The number of rotatable bonds is 8. The summed E-state index contributed by atoms with van der Waals surface area (Å²) in [4.78, 5) is 34.8. The molecule has 0 heterocycles. The summed E-state index contributed by atoms with van der Waals surface area (Å²) in [6.07, 6.45) is 0.657. The Bertz CT molecular complexity index is 369. The van der Waals surface area contributed by atoms with Gasteiger partial charge in [-0.3, -0.25) is 4.79 Å². The van der Waals surface area contributed by atoms with Crippen LogP contribution in [0.25, 0.3) is 0 Å². The van der Waals surface area contributed by atoms with E-state index in [0.29, 0.717) is 31.6 Å². The third-order valence-electron chi connectivity index (χ3n) is 2.36. The highest BCUT2D eigenvalue weighted by Crippen LogP contribution is 1.93. The number of nitrogens with zero attached hydrogens (tertiary/aromatic N) is 1. The zero-order valence-electron chi connectivity index (χ0n) is 12.3. The van der Waals surface area contributed by atoms with Crippen molar-refractivity contribution in [3.05, 3.63) is 12.2 Å². The van der Waals surface area contributed by atoms with E-state index in [4.69, 9.17) is 4.74 Å². The van der Waals surface area contributed by atoms with Gasteiger partial charge in [0, 0.05) is 32.6 Å². The van der Waals surface area contributed by atoms with Crippen LogP contribution in [0, 0.1) is 0 Å². The van der Waals surface area contributed by atoms with Crippen molar-refractivity contribution < 1.29 is 19.1 Å². The summed E-state index contributed by atoms with van der Waals surface area (Å²) in [6, 6.07) is -0.251. The van der Waals surface area contributed by atoms with Gasteiger partial charge >= 0.3 is 12.0 Å². The van der Waals surface area contributed by atoms with Crippen molar-refractivity contribution in [2.75, 3.05) is 33.3 Å². The molecule has 0 aromatic heterocycles. The summed E-state index contributed by atoms with van der Waals surface area (Å²) < 4.78 is 4.89. The minimum absolute atomic E-state index is 0.0900. The Morgan fingerprint density at radius 3 is 2.30 bits per heavy atom. The first-order valence-electron chi connectivity index (χ1n) is 6.40. The van der Waals surface area contributed by atoms with Crippen molar-refractivity contribution in [1.82, 2.24) is 15.5 Å². The lowest BCUT2D eigenvalue weighted by atomic mass is 10.4. The van der Waals surface area contributed by atoms with Crippen LogP contribution in [0.15, 0.2) is 12.2 Å². The number of carbonyl (C=O) groups is 3. The summed E-state index contributed by atoms with van der Waals surface area (Å²) in [5.74, 6) is -0.554. The van der Waals surface area contributed by atoms with Gasteiger partial charge in [0.25, 0.3) is 0 Å². The Kier molecular flexibility index (Phi) is 8.82. The van der Waals surface area contributed by atoms with Crippen LogP contribution < -0.4 is 10.6 Å². The quantitative estimate of drug-likeness (QED) is 0.381. The highest BCUT2D eigenvalue weighted by Gasteiger charge is 2.09. The van der Waals surface area contributed by atoms with Crippen molar-refractivity contribution in [2.45, 2.75) is 20.3 Å². The number of nitrogens with one attached hydrogen (secondary N) is 2. The van der Waals surface area contributed by atoms with E-state index >= 15 is 0 Å². The maximum atomic E-state index is 11.6. The van der Waals surface area contributed by atoms with Gasteiger partial charge in [-0.25, -0.2) is 9.59 Å². The molecule has 0 bridgehead atoms. The van der Waals surface area contributed by atoms with E-state index in [1.807, 2.05) is 0 Å². The Hall–Kier alpha value is -2.05. The van der Waals surface area contributed by atoms with Crippen molar-refractivity contribution in [1.29, 1.82) is 0 Å². The number of amides is 3. The van der Waals surface area contributed by atoms with Gasteiger partial charge in [-0.15, -0.1) is 0 Å². The summed E-state index contributed by atoms with van der Waals surface area (Å²) in [5.41, 5.74) is 0.329. The molecule has 3 amide bonds. The van der Waals surface area contributed by atoms with Crippen LogP contribution in [-0.4, -0.2) is 56.1 Å². The Labute approximate surface area is 119 Å². The predicted octanol–water partition coefficient (Wildman–Crippen LogP) is 0.273. The fraction of sp³-hybridized carbons (Fsp3) is 0.615. The average molecular weight is 285 g/mol. The molecule has 2 N–H and O–H groups in total. The number of ether oxygens (including phenoxy) is 1. The molecule has 0 rings (SSSR count). The molecule has 0 aliphatic carbocycles. The standard InChI is InChI=1S/C13H23N3O4/c1-10(2)12(18)20-9-8-16(4)13(19)15-7-5-6-14-11(3)17/h1,5-9H2,2-4H3,(H,14,17)(H,15,19). The molecule has 0 aliphatic heterocycles. The zero-order chi connectivity index (χ0) is 15.5. The molecule has 0 unspecified atom stereocenters. The molecular weight excluding hydrogens is 262 g/mol. The summed E-state index contributed by atoms with van der Waals surface area (Å²) in [7, 11) is 1.61. The van der Waals surface area contributed by atoms with Crippen molar-refractivity contribution >= 4 is 17.9 Å². The normalized spacial score (nSPS) is 9.55. The number of hydrogen-bond acceptors (Lipinski definition) is 4. The van der Waals surface area contributed by atoms with E-state index in [9.17, 15) is 14.4 Å². The van der Waals surface area contributed by atoms with Crippen molar-refractivity contribution in [3.8, 4) is 0 Å². The van der Waals surface area contributed by atoms with E-state index in [0.717, 1.165) is 0 Å². The number of likely N-dealkylation sites (N-methyl/N-ethyl adjacent to an activating group) is 1. The molecular formula is C13H23N3O4. The molecule has 0 fully saturated rings. The Morgan fingerprint density at radius 1 is 1.15 bits per heavy atom. The van der Waals surface area contributed by atoms with E-state index in [1.54, 1.807) is 14.0 Å². The lowest BCUT2D eigenvalue weighted by molar-refractivity contribution is -0.139. The number of esters is 1. The Balaban J connectivity index is 3.68. The van der Waals surface area contributed by atoms with Gasteiger partial charge in [0.05, 0.1) is 6.54 Å². The molecule has 0 radical (unpaired) electrons. The minimum Gasteiger partial charge on any atom is -0.460 e. The highest BCUT2D eigenvalue weighted by atomic mass is 16.5. The summed E-state index contributed by atoms with van der Waals surface area (Å²) >= 11 is 0. The van der Waals surface area contributed by atoms with Gasteiger partial charge in [-0.1, -0.05) is 6.58 Å². The Morgan fingerprint density at radius 2 is 1.75 bits per heavy atom. The topological polar surface area (TPSA) is 87.7 Å². The second kappa shape index (κ2) is 9.82. The second-order valence-electron chi connectivity index (χ2n) is 4.41. The van der Waals surface area contributed by atoms with E-state index in [1.165, 1.54) is 11.8 Å². The fourth-order valence-corrected chi connectivity index (χ4v) is 1.18. The molecule has 0 aromatic rings. The first-order valence-corrected chi connectivity index (χ1v) is 6.40. The highest BCUT2D eigenvalue weighted by molar-refractivity contribution is 5.86. The third-order valence-corrected chi connectivity index (χ3v) is 2.36. The zero-order valence-corrected chi connectivity index (χ0v) is 12.3. The van der Waals surface area contributed by atoms with Crippen LogP contribution in [-0.2, 0) is 14.3 Å². The first kappa shape index (κ1) is 17.9. The van der Waals surface area contributed by atoms with E-state index < -0.39 is 5.97 Å². The molecule has 0 atom stereocenters. The van der Waals surface area contributed by atoms with Gasteiger partial charge < -0.3 is 20.3 Å². The van der Waals surface area contributed by atoms with Crippen LogP contribution in [0.1, 0.15) is 20.3 Å². The largest absolute Gasteiger partial charge is 0.460 e. The maximum absolute atomic E-state index is 11.6. The van der Waals surface area contributed by atoms with Crippen molar-refractivity contribution in [2.24, 2.45) is 0 Å². The molecule has 0 saturated heterocycles. The SMILES string of the molecule is C=C(C)C(=O)OCCN(C)C(=O)NCCCNC(C)=O. The van der Waals surface area contributed by atoms with Crippen LogP contribution in [0.4, 0.5) is 4.79 Å². The molecule has 0 aromatic carbocycles. The van der Waals surface area contributed by atoms with Crippen LogP contribution in [0.3, 0.4) is 0 Å².